The normalized spacial score (nSPS) is 11.1. The molecule has 2 N–H and O–H groups in total. The maximum Gasteiger partial charge on any atom is 0.354 e. The monoisotopic (exact) mass is 292 g/mol. The highest BCUT2D eigenvalue weighted by Gasteiger charge is 2.07. The molecule has 1 aromatic carbocycles. The Kier molecular flexibility index (Phi) is 3.71. The first kappa shape index (κ1) is 14.0. The van der Waals surface area contributed by atoms with Crippen molar-refractivity contribution >= 4 is 27.2 Å². The van der Waals surface area contributed by atoms with Crippen molar-refractivity contribution in [2.45, 2.75) is 4.90 Å². The van der Waals surface area contributed by atoms with Crippen molar-refractivity contribution in [3.63, 3.8) is 0 Å². The fourth-order valence-corrected chi connectivity index (χ4v) is 2.18. The molecule has 6 nitrogen and oxygen atoms in total. The lowest BCUT2D eigenvalue weighted by Crippen LogP contribution is -2.00. The number of nitrogens with one attached hydrogen (secondary N) is 1. The highest BCUT2D eigenvalue weighted by molar-refractivity contribution is 7.90. The van der Waals surface area contributed by atoms with Crippen LogP contribution in [0.1, 0.15) is 10.5 Å². The molecule has 0 aliphatic rings. The molecule has 0 saturated carbocycles. The van der Waals surface area contributed by atoms with E-state index in [0.29, 0.717) is 11.4 Å². The molecular weight excluding hydrogens is 280 g/mol. The molecule has 20 heavy (non-hydrogen) atoms. The molecule has 0 amide bonds. The van der Waals surface area contributed by atoms with Crippen LogP contribution in [-0.2, 0) is 9.84 Å². The summed E-state index contributed by atoms with van der Waals surface area (Å²) in [5.41, 5.74) is 1.26. The van der Waals surface area contributed by atoms with Crippen LogP contribution in [0, 0.1) is 0 Å². The number of carbonyl (C=O) groups is 1. The van der Waals surface area contributed by atoms with E-state index in [0.717, 1.165) is 6.26 Å². The van der Waals surface area contributed by atoms with Gasteiger partial charge < -0.3 is 10.4 Å². The van der Waals surface area contributed by atoms with Crippen molar-refractivity contribution in [2.24, 2.45) is 0 Å². The molecule has 0 bridgehead atoms. The topological polar surface area (TPSA) is 96.4 Å². The number of nitrogens with zero attached hydrogens (tertiary/aromatic N) is 1. The minimum Gasteiger partial charge on any atom is -0.477 e. The molecule has 0 spiro atoms. The van der Waals surface area contributed by atoms with E-state index in [1.807, 2.05) is 0 Å². The van der Waals surface area contributed by atoms with Crippen LogP contribution in [0.5, 0.6) is 0 Å². The van der Waals surface area contributed by atoms with Gasteiger partial charge in [-0.05, 0) is 36.4 Å². The number of pyridine rings is 1. The molecule has 2 aromatic rings. The zero-order chi connectivity index (χ0) is 14.8. The van der Waals surface area contributed by atoms with Crippen LogP contribution in [0.25, 0.3) is 0 Å². The van der Waals surface area contributed by atoms with Gasteiger partial charge in [0, 0.05) is 11.9 Å². The van der Waals surface area contributed by atoms with Crippen LogP contribution in [-0.4, -0.2) is 30.7 Å². The molecule has 0 unspecified atom stereocenters. The van der Waals surface area contributed by atoms with Crippen LogP contribution >= 0.6 is 0 Å². The summed E-state index contributed by atoms with van der Waals surface area (Å²) in [6.07, 6.45) is 2.54. The summed E-state index contributed by atoms with van der Waals surface area (Å²) in [7, 11) is -3.21. The minimum atomic E-state index is -3.21. The Hall–Kier alpha value is -2.41. The summed E-state index contributed by atoms with van der Waals surface area (Å²) in [5, 5.41) is 11.7. The number of aromatic carboxylic acids is 1. The molecule has 0 aliphatic carbocycles. The zero-order valence-corrected chi connectivity index (χ0v) is 11.4. The number of carboxylic acids is 1. The third-order valence-corrected chi connectivity index (χ3v) is 3.68. The number of rotatable bonds is 4. The van der Waals surface area contributed by atoms with Gasteiger partial charge in [0.2, 0.25) is 0 Å². The van der Waals surface area contributed by atoms with Gasteiger partial charge in [-0.2, -0.15) is 0 Å². The van der Waals surface area contributed by atoms with Crippen LogP contribution in [0.3, 0.4) is 0 Å². The molecule has 1 heterocycles. The average Bonchev–Trinajstić information content (AvgIpc) is 2.39. The van der Waals surface area contributed by atoms with E-state index in [2.05, 4.69) is 10.3 Å². The lowest BCUT2D eigenvalue weighted by atomic mass is 10.3. The van der Waals surface area contributed by atoms with Gasteiger partial charge in [-0.15, -0.1) is 0 Å². The summed E-state index contributed by atoms with van der Waals surface area (Å²) in [4.78, 5) is 14.7. The van der Waals surface area contributed by atoms with Crippen molar-refractivity contribution in [1.82, 2.24) is 4.98 Å². The van der Waals surface area contributed by atoms with Crippen molar-refractivity contribution < 1.29 is 18.3 Å². The molecular formula is C13H12N2O4S. The third kappa shape index (κ3) is 3.33. The number of sulfone groups is 1. The first-order chi connectivity index (χ1) is 9.36. The van der Waals surface area contributed by atoms with Crippen LogP contribution in [0.2, 0.25) is 0 Å². The number of benzene rings is 1. The van der Waals surface area contributed by atoms with Crippen molar-refractivity contribution in [2.75, 3.05) is 11.6 Å². The van der Waals surface area contributed by atoms with E-state index in [1.165, 1.54) is 24.4 Å². The molecule has 104 valence electrons. The second kappa shape index (κ2) is 5.30. The van der Waals surface area contributed by atoms with Crippen molar-refractivity contribution in [3.8, 4) is 0 Å². The summed E-state index contributed by atoms with van der Waals surface area (Å²) in [6, 6.07) is 9.22. The molecule has 1 aromatic heterocycles. The fraction of sp³-hybridized carbons (Fsp3) is 0.0769. The molecule has 2 rings (SSSR count). The number of anilines is 2. The zero-order valence-electron chi connectivity index (χ0n) is 10.6. The van der Waals surface area contributed by atoms with E-state index in [9.17, 15) is 13.2 Å². The number of aromatic nitrogens is 1. The van der Waals surface area contributed by atoms with Gasteiger partial charge >= 0.3 is 5.97 Å². The lowest BCUT2D eigenvalue weighted by molar-refractivity contribution is 0.0690. The molecule has 0 fully saturated rings. The minimum absolute atomic E-state index is 0.0389. The first-order valence-corrected chi connectivity index (χ1v) is 7.52. The van der Waals surface area contributed by atoms with Crippen LogP contribution in [0.4, 0.5) is 11.4 Å². The smallest absolute Gasteiger partial charge is 0.354 e. The predicted molar refractivity (Wildman–Crippen MR) is 74.0 cm³/mol. The Morgan fingerprint density at radius 1 is 1.10 bits per heavy atom. The van der Waals surface area contributed by atoms with Gasteiger partial charge in [0.05, 0.1) is 16.8 Å². The summed E-state index contributed by atoms with van der Waals surface area (Å²) < 4.78 is 22.6. The van der Waals surface area contributed by atoms with E-state index in [4.69, 9.17) is 5.11 Å². The summed E-state index contributed by atoms with van der Waals surface area (Å²) in [6.45, 7) is 0. The maximum absolute atomic E-state index is 11.3. The molecule has 0 aliphatic heterocycles. The van der Waals surface area contributed by atoms with E-state index in [1.54, 1.807) is 18.2 Å². The SMILES string of the molecule is CS(=O)(=O)c1ccc(Nc2ccc(C(=O)O)nc2)cc1. The van der Waals surface area contributed by atoms with Gasteiger partial charge in [-0.3, -0.25) is 0 Å². The lowest BCUT2D eigenvalue weighted by Gasteiger charge is -2.07. The van der Waals surface area contributed by atoms with Gasteiger partial charge in [-0.25, -0.2) is 18.2 Å². The molecule has 7 heteroatoms. The van der Waals surface area contributed by atoms with Gasteiger partial charge in [-0.1, -0.05) is 0 Å². The Labute approximate surface area is 116 Å². The Bertz CT molecular complexity index is 722. The third-order valence-electron chi connectivity index (χ3n) is 2.55. The van der Waals surface area contributed by atoms with Crippen LogP contribution in [0.15, 0.2) is 47.5 Å². The largest absolute Gasteiger partial charge is 0.477 e. The number of carboxylic acid groups (broad SMARTS) is 1. The predicted octanol–water partition coefficient (Wildman–Crippen LogP) is 1.93. The van der Waals surface area contributed by atoms with Crippen LogP contribution < -0.4 is 5.32 Å². The standard InChI is InChI=1S/C13H12N2O4S/c1-20(18,19)11-5-2-9(3-6-11)15-10-4-7-12(13(16)17)14-8-10/h2-8,15H,1H3,(H,16,17). The van der Waals surface area contributed by atoms with Crippen molar-refractivity contribution in [1.29, 1.82) is 0 Å². The Balaban J connectivity index is 2.16. The Morgan fingerprint density at radius 2 is 1.70 bits per heavy atom. The second-order valence-corrected chi connectivity index (χ2v) is 6.17. The average molecular weight is 292 g/mol. The van der Waals surface area contributed by atoms with Gasteiger partial charge in [0.25, 0.3) is 0 Å². The van der Waals surface area contributed by atoms with E-state index in [-0.39, 0.29) is 10.6 Å². The molecule has 0 atom stereocenters. The summed E-state index contributed by atoms with van der Waals surface area (Å²) >= 11 is 0. The highest BCUT2D eigenvalue weighted by Crippen LogP contribution is 2.18. The number of hydrogen-bond donors (Lipinski definition) is 2. The highest BCUT2D eigenvalue weighted by atomic mass is 32.2. The number of hydrogen-bond acceptors (Lipinski definition) is 5. The first-order valence-electron chi connectivity index (χ1n) is 5.63. The fourth-order valence-electron chi connectivity index (χ4n) is 1.55. The van der Waals surface area contributed by atoms with E-state index < -0.39 is 15.8 Å². The maximum atomic E-state index is 11.3. The molecule has 0 saturated heterocycles. The quantitative estimate of drug-likeness (QED) is 0.893. The Morgan fingerprint density at radius 3 is 2.15 bits per heavy atom. The van der Waals surface area contributed by atoms with Gasteiger partial charge in [0.1, 0.15) is 5.69 Å². The van der Waals surface area contributed by atoms with Crippen molar-refractivity contribution in [3.05, 3.63) is 48.3 Å². The summed E-state index contributed by atoms with van der Waals surface area (Å²) in [5.74, 6) is -1.09. The molecule has 0 radical (unpaired) electrons. The second-order valence-electron chi connectivity index (χ2n) is 4.16. The van der Waals surface area contributed by atoms with Gasteiger partial charge in [0.15, 0.2) is 9.84 Å². The van der Waals surface area contributed by atoms with E-state index >= 15 is 0 Å².